The highest BCUT2D eigenvalue weighted by Gasteiger charge is 2.50. The summed E-state index contributed by atoms with van der Waals surface area (Å²) in [4.78, 5) is 62.1. The van der Waals surface area contributed by atoms with Gasteiger partial charge in [0.15, 0.2) is 6.10 Å². The van der Waals surface area contributed by atoms with E-state index in [0.717, 1.165) is 0 Å². The largest absolute Gasteiger partial charge is 0.513 e. The fourth-order valence-corrected chi connectivity index (χ4v) is 4.56. The van der Waals surface area contributed by atoms with E-state index < -0.39 is 52.6 Å². The van der Waals surface area contributed by atoms with Crippen molar-refractivity contribution in [2.75, 3.05) is 33.5 Å². The van der Waals surface area contributed by atoms with E-state index in [0.29, 0.717) is 12.2 Å². The number of rotatable bonds is 14. The molecule has 1 aromatic carbocycles. The first-order chi connectivity index (χ1) is 18.7. The summed E-state index contributed by atoms with van der Waals surface area (Å²) < 4.78 is 35.4. The van der Waals surface area contributed by atoms with Gasteiger partial charge in [-0.3, -0.25) is 14.4 Å². The molecule has 0 saturated carbocycles. The zero-order chi connectivity index (χ0) is 30.0. The number of carbonyl (C=O) groups excluding carboxylic acids is 5. The van der Waals surface area contributed by atoms with Crippen LogP contribution in [0.5, 0.6) is 5.75 Å². The van der Waals surface area contributed by atoms with Crippen LogP contribution in [0, 0.1) is 16.2 Å². The maximum Gasteiger partial charge on any atom is 0.513 e. The van der Waals surface area contributed by atoms with E-state index in [1.165, 1.54) is 7.11 Å². The third-order valence-corrected chi connectivity index (χ3v) is 6.65. The number of benzene rings is 1. The van der Waals surface area contributed by atoms with Crippen LogP contribution in [0.1, 0.15) is 53.9 Å². The lowest BCUT2D eigenvalue weighted by Crippen LogP contribution is -2.44. The van der Waals surface area contributed by atoms with Gasteiger partial charge in [0.25, 0.3) is 0 Å². The highest BCUT2D eigenvalue weighted by Crippen LogP contribution is 2.45. The van der Waals surface area contributed by atoms with E-state index in [1.807, 2.05) is 0 Å². The average molecular weight is 567 g/mol. The lowest BCUT2D eigenvalue weighted by molar-refractivity contribution is -0.169. The molecular formula is C28H38O12. The van der Waals surface area contributed by atoms with Crippen molar-refractivity contribution in [2.45, 2.75) is 60.0 Å². The van der Waals surface area contributed by atoms with Crippen LogP contribution in [0.4, 0.5) is 9.59 Å². The normalized spacial score (nSPS) is 17.8. The van der Waals surface area contributed by atoms with Crippen LogP contribution in [0.2, 0.25) is 0 Å². The van der Waals surface area contributed by atoms with Crippen molar-refractivity contribution in [3.63, 3.8) is 0 Å². The molecule has 1 heterocycles. The second-order valence-electron chi connectivity index (χ2n) is 10.8. The van der Waals surface area contributed by atoms with Crippen LogP contribution in [-0.2, 0) is 42.8 Å². The Bertz CT molecular complexity index is 1050. The Morgan fingerprint density at radius 2 is 1.52 bits per heavy atom. The summed E-state index contributed by atoms with van der Waals surface area (Å²) >= 11 is 0. The summed E-state index contributed by atoms with van der Waals surface area (Å²) in [5.41, 5.74) is -3.62. The minimum atomic E-state index is -1.35. The van der Waals surface area contributed by atoms with Gasteiger partial charge >= 0.3 is 30.2 Å². The standard InChI is InChI=1S/C28H38O12/c1-7-27(4,22(30)34-6)18-28(5,23(31)37-15-20-16-38-25(33)40-20)17-26(2,3)21(29)35-13-14-36-24(32)39-19-11-9-8-10-12-19/h8-12,20H,7,13-18H2,1-6H3. The Morgan fingerprint density at radius 3 is 2.10 bits per heavy atom. The fraction of sp³-hybridized carbons (Fsp3) is 0.607. The second-order valence-corrected chi connectivity index (χ2v) is 10.8. The maximum absolute atomic E-state index is 13.4. The first-order valence-electron chi connectivity index (χ1n) is 12.9. The molecule has 40 heavy (non-hydrogen) atoms. The summed E-state index contributed by atoms with van der Waals surface area (Å²) in [6.07, 6.45) is -2.25. The molecule has 1 aliphatic heterocycles. The molecule has 0 spiro atoms. The quantitative estimate of drug-likeness (QED) is 0.137. The third kappa shape index (κ3) is 9.13. The molecule has 3 atom stereocenters. The molecule has 1 saturated heterocycles. The summed E-state index contributed by atoms with van der Waals surface area (Å²) in [6.45, 7) is 7.47. The molecule has 0 radical (unpaired) electrons. The van der Waals surface area contributed by atoms with E-state index in [-0.39, 0.29) is 39.3 Å². The van der Waals surface area contributed by atoms with E-state index >= 15 is 0 Å². The predicted molar refractivity (Wildman–Crippen MR) is 138 cm³/mol. The number of hydrogen-bond acceptors (Lipinski definition) is 12. The molecule has 1 aromatic rings. The van der Waals surface area contributed by atoms with E-state index in [4.69, 9.17) is 33.2 Å². The topological polar surface area (TPSA) is 150 Å². The molecule has 0 aromatic heterocycles. The number of para-hydroxylation sites is 1. The van der Waals surface area contributed by atoms with Crippen molar-refractivity contribution in [3.05, 3.63) is 30.3 Å². The van der Waals surface area contributed by atoms with Crippen LogP contribution in [0.15, 0.2) is 30.3 Å². The van der Waals surface area contributed by atoms with Crippen LogP contribution < -0.4 is 4.74 Å². The lowest BCUT2D eigenvalue weighted by Gasteiger charge is -2.39. The molecule has 1 fully saturated rings. The van der Waals surface area contributed by atoms with Crippen LogP contribution in [-0.4, -0.2) is 69.9 Å². The van der Waals surface area contributed by atoms with Gasteiger partial charge in [-0.15, -0.1) is 0 Å². The Hall–Kier alpha value is -3.83. The molecule has 3 unspecified atom stereocenters. The summed E-state index contributed by atoms with van der Waals surface area (Å²) in [6, 6.07) is 8.33. The van der Waals surface area contributed by atoms with E-state index in [2.05, 4.69) is 0 Å². The SMILES string of the molecule is CCC(C)(CC(C)(CC(C)(C)C(=O)OCCOC(=O)Oc1ccccc1)C(=O)OCC1COC(=O)O1)C(=O)OC. The molecular weight excluding hydrogens is 528 g/mol. The van der Waals surface area contributed by atoms with Gasteiger partial charge in [0, 0.05) is 0 Å². The highest BCUT2D eigenvalue weighted by atomic mass is 16.8. The molecule has 12 heteroatoms. The maximum atomic E-state index is 13.4. The van der Waals surface area contributed by atoms with Crippen LogP contribution >= 0.6 is 0 Å². The molecule has 0 bridgehead atoms. The summed E-state index contributed by atoms with van der Waals surface area (Å²) in [5, 5.41) is 0. The number of cyclic esters (lactones) is 2. The van der Waals surface area contributed by atoms with Gasteiger partial charge in [0.2, 0.25) is 0 Å². The van der Waals surface area contributed by atoms with Crippen molar-refractivity contribution < 1.29 is 57.1 Å². The average Bonchev–Trinajstić information content (AvgIpc) is 3.33. The second kappa shape index (κ2) is 14.0. The first-order valence-corrected chi connectivity index (χ1v) is 12.9. The molecule has 0 N–H and O–H groups in total. The highest BCUT2D eigenvalue weighted by molar-refractivity contribution is 5.82. The van der Waals surface area contributed by atoms with Crippen molar-refractivity contribution in [1.82, 2.24) is 0 Å². The summed E-state index contributed by atoms with van der Waals surface area (Å²) in [7, 11) is 1.26. The van der Waals surface area contributed by atoms with E-state index in [1.54, 1.807) is 65.0 Å². The van der Waals surface area contributed by atoms with Gasteiger partial charge in [-0.2, -0.15) is 0 Å². The zero-order valence-corrected chi connectivity index (χ0v) is 23.8. The van der Waals surface area contributed by atoms with Crippen molar-refractivity contribution in [1.29, 1.82) is 0 Å². The van der Waals surface area contributed by atoms with Crippen LogP contribution in [0.25, 0.3) is 0 Å². The molecule has 12 nitrogen and oxygen atoms in total. The number of esters is 3. The van der Waals surface area contributed by atoms with Gasteiger partial charge in [0.05, 0.1) is 23.4 Å². The minimum Gasteiger partial charge on any atom is -0.469 e. The molecule has 0 amide bonds. The zero-order valence-electron chi connectivity index (χ0n) is 23.8. The number of carbonyl (C=O) groups is 5. The van der Waals surface area contributed by atoms with Gasteiger partial charge in [0.1, 0.15) is 32.2 Å². The molecule has 0 aliphatic carbocycles. The first kappa shape index (κ1) is 32.4. The van der Waals surface area contributed by atoms with Gasteiger partial charge in [-0.1, -0.05) is 25.1 Å². The summed E-state index contributed by atoms with van der Waals surface area (Å²) in [5.74, 6) is -1.54. The third-order valence-electron chi connectivity index (χ3n) is 6.65. The number of hydrogen-bond donors (Lipinski definition) is 0. The van der Waals surface area contributed by atoms with Gasteiger partial charge in [-0.25, -0.2) is 9.59 Å². The Labute approximate surface area is 233 Å². The van der Waals surface area contributed by atoms with Gasteiger partial charge in [-0.05, 0) is 59.1 Å². The number of methoxy groups -OCH3 is 1. The smallest absolute Gasteiger partial charge is 0.469 e. The predicted octanol–water partition coefficient (Wildman–Crippen LogP) is 4.23. The molecule has 2 rings (SSSR count). The minimum absolute atomic E-state index is 0.00804. The molecule has 222 valence electrons. The Kier molecular flexibility index (Phi) is 11.3. The number of ether oxygens (including phenoxy) is 7. The van der Waals surface area contributed by atoms with E-state index in [9.17, 15) is 24.0 Å². The Balaban J connectivity index is 2.04. The van der Waals surface area contributed by atoms with Gasteiger partial charge < -0.3 is 33.2 Å². The van der Waals surface area contributed by atoms with Crippen molar-refractivity contribution in [3.8, 4) is 5.75 Å². The lowest BCUT2D eigenvalue weighted by atomic mass is 9.65. The fourth-order valence-electron chi connectivity index (χ4n) is 4.56. The monoisotopic (exact) mass is 566 g/mol. The van der Waals surface area contributed by atoms with Crippen molar-refractivity contribution in [2.24, 2.45) is 16.2 Å². The van der Waals surface area contributed by atoms with Crippen LogP contribution in [0.3, 0.4) is 0 Å². The Morgan fingerprint density at radius 1 is 0.875 bits per heavy atom. The molecule has 1 aliphatic rings. The van der Waals surface area contributed by atoms with Crippen molar-refractivity contribution >= 4 is 30.2 Å².